The lowest BCUT2D eigenvalue weighted by atomic mass is 9.92. The quantitative estimate of drug-likeness (QED) is 0.111. The first kappa shape index (κ1) is 33.1. The molecular weight excluding hydrogens is 616 g/mol. The van der Waals surface area contributed by atoms with Crippen molar-refractivity contribution in [2.75, 3.05) is 22.6 Å². The molecule has 3 heterocycles. The number of pyridine rings is 1. The van der Waals surface area contributed by atoms with Gasteiger partial charge < -0.3 is 20.5 Å². The molecule has 0 unspecified atom stereocenters. The molecule has 2 amide bonds. The maximum absolute atomic E-state index is 13.4. The van der Waals surface area contributed by atoms with Crippen molar-refractivity contribution in [2.45, 2.75) is 52.6 Å². The van der Waals surface area contributed by atoms with E-state index in [1.807, 2.05) is 85.8 Å². The van der Waals surface area contributed by atoms with Gasteiger partial charge in [-0.05, 0) is 61.7 Å². The Hall–Kier alpha value is -5.81. The molecule has 49 heavy (non-hydrogen) atoms. The smallest absolute Gasteiger partial charge is 0.324 e. The molecule has 250 valence electrons. The molecular formula is C38H40N8O3. The second-order valence-corrected chi connectivity index (χ2v) is 12.8. The predicted octanol–water partition coefficient (Wildman–Crippen LogP) is 7.71. The minimum Gasteiger partial charge on any atom is -0.488 e. The van der Waals surface area contributed by atoms with E-state index in [-0.39, 0.29) is 18.1 Å². The van der Waals surface area contributed by atoms with Gasteiger partial charge in [0.2, 0.25) is 0 Å². The predicted molar refractivity (Wildman–Crippen MR) is 193 cm³/mol. The first-order chi connectivity index (χ1) is 23.7. The number of ether oxygens (including phenoxy) is 1. The van der Waals surface area contributed by atoms with Gasteiger partial charge in [-0.15, -0.1) is 0 Å². The second-order valence-electron chi connectivity index (χ2n) is 12.8. The van der Waals surface area contributed by atoms with Crippen molar-refractivity contribution in [1.82, 2.24) is 24.7 Å². The van der Waals surface area contributed by atoms with Gasteiger partial charge in [0.05, 0.1) is 29.0 Å². The second kappa shape index (κ2) is 14.5. The number of aryl methyl sites for hydroxylation is 2. The Bertz CT molecular complexity index is 2070. The minimum atomic E-state index is -0.381. The van der Waals surface area contributed by atoms with Crippen LogP contribution in [-0.2, 0) is 18.4 Å². The summed E-state index contributed by atoms with van der Waals surface area (Å²) in [6.07, 6.45) is 6.31. The van der Waals surface area contributed by atoms with Gasteiger partial charge in [-0.2, -0.15) is 5.10 Å². The molecule has 11 nitrogen and oxygen atoms in total. The third-order valence-electron chi connectivity index (χ3n) is 7.88. The molecule has 6 aromatic rings. The molecule has 0 aliphatic heterocycles. The Morgan fingerprint density at radius 3 is 2.49 bits per heavy atom. The van der Waals surface area contributed by atoms with Crippen molar-refractivity contribution >= 4 is 39.9 Å². The molecule has 0 fully saturated rings. The Morgan fingerprint density at radius 1 is 0.918 bits per heavy atom. The fourth-order valence-electron chi connectivity index (χ4n) is 5.27. The Labute approximate surface area is 285 Å². The molecule has 0 aliphatic rings. The number of aromatic nitrogens is 5. The van der Waals surface area contributed by atoms with Crippen molar-refractivity contribution in [3.63, 3.8) is 0 Å². The lowest BCUT2D eigenvalue weighted by Gasteiger charge is -2.15. The van der Waals surface area contributed by atoms with Crippen molar-refractivity contribution in [2.24, 2.45) is 0 Å². The van der Waals surface area contributed by atoms with Crippen LogP contribution in [0.2, 0.25) is 0 Å². The highest BCUT2D eigenvalue weighted by Crippen LogP contribution is 2.33. The number of carbonyl (C=O) groups excluding carboxylic acids is 1. The fourth-order valence-corrected chi connectivity index (χ4v) is 5.27. The molecule has 0 bridgehead atoms. The van der Waals surface area contributed by atoms with Crippen LogP contribution in [0.15, 0.2) is 97.5 Å². The maximum Gasteiger partial charge on any atom is 0.324 e. The first-order valence-electron chi connectivity index (χ1n) is 16.2. The summed E-state index contributed by atoms with van der Waals surface area (Å²) in [4.78, 5) is 26.6. The summed E-state index contributed by atoms with van der Waals surface area (Å²) >= 11 is 0. The van der Waals surface area contributed by atoms with Crippen LogP contribution in [0, 0.1) is 6.92 Å². The SMILES string of the molecule is Cc1ccc(-n2nc(C(C)(C)C)cc2NC(=O)Nc2ccc(OCc3ccnc(Nc4cncc(CCCO)n4)c3)c3ccccc23)cc1. The molecule has 3 aromatic carbocycles. The molecule has 0 spiro atoms. The maximum atomic E-state index is 13.4. The number of nitrogens with zero attached hydrogens (tertiary/aromatic N) is 5. The molecule has 6 rings (SSSR count). The van der Waals surface area contributed by atoms with Crippen molar-refractivity contribution < 1.29 is 14.6 Å². The average molecular weight is 657 g/mol. The number of rotatable bonds is 11. The topological polar surface area (TPSA) is 139 Å². The van der Waals surface area contributed by atoms with E-state index in [1.54, 1.807) is 23.3 Å². The normalized spacial score (nSPS) is 11.4. The number of aliphatic hydroxyl groups excluding tert-OH is 1. The highest BCUT2D eigenvalue weighted by atomic mass is 16.5. The van der Waals surface area contributed by atoms with Crippen LogP contribution in [0.3, 0.4) is 0 Å². The lowest BCUT2D eigenvalue weighted by molar-refractivity contribution is 0.262. The van der Waals surface area contributed by atoms with E-state index in [2.05, 4.69) is 51.7 Å². The van der Waals surface area contributed by atoms with Gasteiger partial charge in [0, 0.05) is 41.3 Å². The summed E-state index contributed by atoms with van der Waals surface area (Å²) < 4.78 is 8.05. The summed E-state index contributed by atoms with van der Waals surface area (Å²) in [5, 5.41) is 24.9. The number of hydrogen-bond acceptors (Lipinski definition) is 8. The minimum absolute atomic E-state index is 0.105. The number of benzene rings is 3. The molecule has 4 N–H and O–H groups in total. The summed E-state index contributed by atoms with van der Waals surface area (Å²) in [5.74, 6) is 2.45. The van der Waals surface area contributed by atoms with Gasteiger partial charge in [-0.25, -0.2) is 19.4 Å². The zero-order valence-corrected chi connectivity index (χ0v) is 28.1. The van der Waals surface area contributed by atoms with E-state index < -0.39 is 0 Å². The number of hydrogen-bond donors (Lipinski definition) is 4. The van der Waals surface area contributed by atoms with Crippen molar-refractivity contribution in [3.8, 4) is 11.4 Å². The molecule has 11 heteroatoms. The zero-order chi connectivity index (χ0) is 34.4. The number of carbonyl (C=O) groups is 1. The van der Waals surface area contributed by atoms with Crippen molar-refractivity contribution in [1.29, 1.82) is 0 Å². The highest BCUT2D eigenvalue weighted by Gasteiger charge is 2.22. The summed E-state index contributed by atoms with van der Waals surface area (Å²) in [7, 11) is 0. The third kappa shape index (κ3) is 8.20. The molecule has 0 atom stereocenters. The van der Waals surface area contributed by atoms with Crippen LogP contribution in [0.4, 0.5) is 27.9 Å². The number of aliphatic hydroxyl groups is 1. The zero-order valence-electron chi connectivity index (χ0n) is 28.1. The van der Waals surface area contributed by atoms with Gasteiger partial charge >= 0.3 is 6.03 Å². The van der Waals surface area contributed by atoms with Gasteiger partial charge in [0.25, 0.3) is 0 Å². The largest absolute Gasteiger partial charge is 0.488 e. The molecule has 0 radical (unpaired) electrons. The van der Waals surface area contributed by atoms with Crippen LogP contribution in [0.1, 0.15) is 49.7 Å². The number of nitrogens with one attached hydrogen (secondary N) is 3. The van der Waals surface area contributed by atoms with E-state index >= 15 is 0 Å². The van der Waals surface area contributed by atoms with Gasteiger partial charge in [-0.1, -0.05) is 62.7 Å². The van der Waals surface area contributed by atoms with Crippen LogP contribution < -0.4 is 20.7 Å². The Balaban J connectivity index is 1.16. The first-order valence-corrected chi connectivity index (χ1v) is 16.2. The molecule has 0 saturated heterocycles. The average Bonchev–Trinajstić information content (AvgIpc) is 3.52. The van der Waals surface area contributed by atoms with Crippen LogP contribution in [-0.4, -0.2) is 42.5 Å². The van der Waals surface area contributed by atoms with Gasteiger partial charge in [0.15, 0.2) is 0 Å². The number of fused-ring (bicyclic) bond motifs is 1. The standard InChI is InChI=1S/C38H40N8O3/c1-25-11-13-28(14-12-25)46-36(21-33(45-46)38(2,3)4)44-37(48)42-31-15-16-32(30-10-6-5-9-29(30)31)49-24-26-17-18-40-34(20-26)43-35-23-39-22-27(41-35)8-7-19-47/h5-6,9-18,20-23,47H,7-8,19,24H2,1-4H3,(H,40,41,43)(H2,42,44,48). The summed E-state index contributed by atoms with van der Waals surface area (Å²) in [6, 6.07) is 24.9. The van der Waals surface area contributed by atoms with E-state index in [9.17, 15) is 4.79 Å². The van der Waals surface area contributed by atoms with Crippen LogP contribution in [0.25, 0.3) is 16.5 Å². The van der Waals surface area contributed by atoms with E-state index in [1.165, 1.54) is 0 Å². The van der Waals surface area contributed by atoms with Crippen LogP contribution >= 0.6 is 0 Å². The third-order valence-corrected chi connectivity index (χ3v) is 7.88. The number of anilines is 4. The Kier molecular flexibility index (Phi) is 9.82. The summed E-state index contributed by atoms with van der Waals surface area (Å²) in [6.45, 7) is 8.72. The number of urea groups is 1. The monoisotopic (exact) mass is 656 g/mol. The fraction of sp³-hybridized carbons (Fsp3) is 0.237. The van der Waals surface area contributed by atoms with E-state index in [4.69, 9.17) is 14.9 Å². The van der Waals surface area contributed by atoms with E-state index in [0.717, 1.165) is 39.0 Å². The van der Waals surface area contributed by atoms with Crippen molar-refractivity contribution in [3.05, 3.63) is 120 Å². The lowest BCUT2D eigenvalue weighted by Crippen LogP contribution is -2.21. The molecule has 0 aliphatic carbocycles. The number of amides is 2. The highest BCUT2D eigenvalue weighted by molar-refractivity contribution is 6.07. The van der Waals surface area contributed by atoms with Gasteiger partial charge in [-0.3, -0.25) is 10.3 Å². The summed E-state index contributed by atoms with van der Waals surface area (Å²) in [5.41, 5.74) is 5.02. The van der Waals surface area contributed by atoms with E-state index in [0.29, 0.717) is 48.3 Å². The van der Waals surface area contributed by atoms with Crippen LogP contribution in [0.5, 0.6) is 5.75 Å². The van der Waals surface area contributed by atoms with Gasteiger partial charge in [0.1, 0.15) is 29.8 Å². The molecule has 3 aromatic heterocycles. The Morgan fingerprint density at radius 2 is 1.71 bits per heavy atom. The molecule has 0 saturated carbocycles.